The number of halogens is 3. The fraction of sp³-hybridized carbons (Fsp3) is 0.588. The number of ether oxygens (including phenoxy) is 1. The summed E-state index contributed by atoms with van der Waals surface area (Å²) in [6, 6.07) is 8.66. The van der Waals surface area contributed by atoms with Crippen molar-refractivity contribution in [3.05, 3.63) is 30.3 Å². The summed E-state index contributed by atoms with van der Waals surface area (Å²) in [6.45, 7) is 3.33. The van der Waals surface area contributed by atoms with Gasteiger partial charge in [-0.1, -0.05) is 31.5 Å². The van der Waals surface area contributed by atoms with Gasteiger partial charge in [0.15, 0.2) is 6.10 Å². The Labute approximate surface area is 134 Å². The molecule has 2 rings (SSSR count). The number of nitrogens with zero attached hydrogens (tertiary/aromatic N) is 1. The molecule has 0 aromatic heterocycles. The molecular formula is C17H22F3NO2. The van der Waals surface area contributed by atoms with Gasteiger partial charge in [-0.2, -0.15) is 13.2 Å². The molecule has 0 spiro atoms. The van der Waals surface area contributed by atoms with Gasteiger partial charge in [0.05, 0.1) is 0 Å². The second kappa shape index (κ2) is 6.81. The zero-order valence-corrected chi connectivity index (χ0v) is 13.4. The van der Waals surface area contributed by atoms with Crippen LogP contribution in [0.2, 0.25) is 0 Å². The second-order valence-corrected chi connectivity index (χ2v) is 5.95. The summed E-state index contributed by atoms with van der Waals surface area (Å²) < 4.78 is 46.5. The molecule has 3 nitrogen and oxygen atoms in total. The van der Waals surface area contributed by atoms with Crippen LogP contribution in [0.15, 0.2) is 30.3 Å². The van der Waals surface area contributed by atoms with Crippen LogP contribution in [0.1, 0.15) is 39.5 Å². The van der Waals surface area contributed by atoms with Gasteiger partial charge < -0.3 is 9.64 Å². The minimum absolute atomic E-state index is 0.0336. The van der Waals surface area contributed by atoms with Crippen LogP contribution in [0.4, 0.5) is 13.2 Å². The lowest BCUT2D eigenvalue weighted by Gasteiger charge is -2.41. The molecule has 1 amide bonds. The Morgan fingerprint density at radius 2 is 2.00 bits per heavy atom. The Bertz CT molecular complexity index is 532. The number of alkyl halides is 3. The smallest absolute Gasteiger partial charge is 0.411 e. The van der Waals surface area contributed by atoms with Crippen molar-refractivity contribution in [2.24, 2.45) is 0 Å². The van der Waals surface area contributed by atoms with Crippen molar-refractivity contribution in [3.63, 3.8) is 0 Å². The number of amides is 1. The van der Waals surface area contributed by atoms with Crippen molar-refractivity contribution in [1.29, 1.82) is 0 Å². The predicted molar refractivity (Wildman–Crippen MR) is 81.2 cm³/mol. The normalized spacial score (nSPS) is 22.9. The highest BCUT2D eigenvalue weighted by Crippen LogP contribution is 2.46. The van der Waals surface area contributed by atoms with E-state index in [1.54, 1.807) is 37.3 Å². The first-order valence-electron chi connectivity index (χ1n) is 7.92. The molecule has 0 saturated carbocycles. The zero-order chi connectivity index (χ0) is 17.1. The maximum absolute atomic E-state index is 13.7. The molecule has 1 aliphatic rings. The number of carbonyl (C=O) groups excluding carboxylic acids is 1. The van der Waals surface area contributed by atoms with E-state index in [1.165, 1.54) is 6.92 Å². The minimum atomic E-state index is -4.43. The molecule has 0 bridgehead atoms. The van der Waals surface area contributed by atoms with E-state index in [4.69, 9.17) is 4.74 Å². The molecular weight excluding hydrogens is 307 g/mol. The summed E-state index contributed by atoms with van der Waals surface area (Å²) in [5, 5.41) is 0. The van der Waals surface area contributed by atoms with Gasteiger partial charge in [-0.3, -0.25) is 4.79 Å². The van der Waals surface area contributed by atoms with Gasteiger partial charge in [-0.15, -0.1) is 0 Å². The average molecular weight is 329 g/mol. The summed E-state index contributed by atoms with van der Waals surface area (Å²) >= 11 is 0. The fourth-order valence-corrected chi connectivity index (χ4v) is 3.28. The second-order valence-electron chi connectivity index (χ2n) is 5.95. The van der Waals surface area contributed by atoms with Gasteiger partial charge in [-0.25, -0.2) is 0 Å². The Morgan fingerprint density at radius 3 is 2.57 bits per heavy atom. The highest BCUT2D eigenvalue weighted by Gasteiger charge is 2.61. The van der Waals surface area contributed by atoms with Crippen molar-refractivity contribution >= 4 is 5.91 Å². The molecule has 2 atom stereocenters. The molecule has 1 aromatic carbocycles. The molecule has 128 valence electrons. The number of likely N-dealkylation sites (tertiary alicyclic amines) is 1. The first-order valence-corrected chi connectivity index (χ1v) is 7.92. The lowest BCUT2D eigenvalue weighted by atomic mass is 9.89. The van der Waals surface area contributed by atoms with Gasteiger partial charge in [0.1, 0.15) is 11.3 Å². The third-order valence-corrected chi connectivity index (χ3v) is 4.35. The largest absolute Gasteiger partial charge is 0.481 e. The molecule has 1 heterocycles. The van der Waals surface area contributed by atoms with Crippen molar-refractivity contribution in [3.8, 4) is 5.75 Å². The van der Waals surface area contributed by atoms with E-state index >= 15 is 0 Å². The quantitative estimate of drug-likeness (QED) is 0.811. The van der Waals surface area contributed by atoms with Crippen LogP contribution in [-0.2, 0) is 4.79 Å². The van der Waals surface area contributed by atoms with Gasteiger partial charge >= 0.3 is 6.18 Å². The first kappa shape index (κ1) is 17.6. The summed E-state index contributed by atoms with van der Waals surface area (Å²) in [4.78, 5) is 13.6. The lowest BCUT2D eigenvalue weighted by Crippen LogP contribution is -2.59. The van der Waals surface area contributed by atoms with Gasteiger partial charge in [0, 0.05) is 6.54 Å². The van der Waals surface area contributed by atoms with Crippen LogP contribution < -0.4 is 4.74 Å². The number of carbonyl (C=O) groups is 1. The number of hydrogen-bond donors (Lipinski definition) is 0. The third kappa shape index (κ3) is 3.46. The van der Waals surface area contributed by atoms with Crippen molar-refractivity contribution in [1.82, 2.24) is 4.90 Å². The van der Waals surface area contributed by atoms with Gasteiger partial charge in [-0.05, 0) is 38.3 Å². The molecule has 1 aliphatic heterocycles. The summed E-state index contributed by atoms with van der Waals surface area (Å²) in [6.07, 6.45) is -4.74. The van der Waals surface area contributed by atoms with Gasteiger partial charge in [0.25, 0.3) is 5.91 Å². The molecule has 1 fully saturated rings. The van der Waals surface area contributed by atoms with E-state index in [-0.39, 0.29) is 19.4 Å². The van der Waals surface area contributed by atoms with E-state index in [0.29, 0.717) is 18.6 Å². The highest BCUT2D eigenvalue weighted by atomic mass is 19.4. The van der Waals surface area contributed by atoms with Crippen LogP contribution >= 0.6 is 0 Å². The van der Waals surface area contributed by atoms with E-state index in [0.717, 1.165) is 4.90 Å². The highest BCUT2D eigenvalue weighted by molar-refractivity contribution is 5.82. The van der Waals surface area contributed by atoms with Crippen LogP contribution in [-0.4, -0.2) is 35.2 Å². The lowest BCUT2D eigenvalue weighted by molar-refractivity contribution is -0.227. The summed E-state index contributed by atoms with van der Waals surface area (Å²) in [5.74, 6) is -0.127. The van der Waals surface area contributed by atoms with E-state index < -0.39 is 23.7 Å². The maximum Gasteiger partial charge on any atom is 0.411 e. The van der Waals surface area contributed by atoms with Crippen LogP contribution in [0.25, 0.3) is 0 Å². The van der Waals surface area contributed by atoms with Crippen LogP contribution in [0.3, 0.4) is 0 Å². The summed E-state index contributed by atoms with van der Waals surface area (Å²) in [7, 11) is 0. The first-order chi connectivity index (χ1) is 10.8. The Hall–Kier alpha value is -1.72. The molecule has 1 aromatic rings. The number of rotatable bonds is 5. The third-order valence-electron chi connectivity index (χ3n) is 4.35. The van der Waals surface area contributed by atoms with Crippen molar-refractivity contribution < 1.29 is 22.7 Å². The fourth-order valence-electron chi connectivity index (χ4n) is 3.28. The van der Waals surface area contributed by atoms with Crippen LogP contribution in [0, 0.1) is 0 Å². The number of hydrogen-bond acceptors (Lipinski definition) is 2. The molecule has 6 heteroatoms. The monoisotopic (exact) mass is 329 g/mol. The SMILES string of the molecule is CCC[C@]1(C(F)(F)F)CCCN1C(=O)[C@H](C)Oc1ccccc1. The molecule has 23 heavy (non-hydrogen) atoms. The Morgan fingerprint density at radius 1 is 1.35 bits per heavy atom. The van der Waals surface area contributed by atoms with E-state index in [2.05, 4.69) is 0 Å². The molecule has 0 radical (unpaired) electrons. The maximum atomic E-state index is 13.7. The van der Waals surface area contributed by atoms with Crippen molar-refractivity contribution in [2.75, 3.05) is 6.54 Å². The van der Waals surface area contributed by atoms with E-state index in [9.17, 15) is 18.0 Å². The number of benzene rings is 1. The summed E-state index contributed by atoms with van der Waals surface area (Å²) in [5.41, 5.74) is -2.05. The Kier molecular flexibility index (Phi) is 5.22. The molecule has 0 aliphatic carbocycles. The molecule has 0 N–H and O–H groups in total. The zero-order valence-electron chi connectivity index (χ0n) is 13.4. The van der Waals surface area contributed by atoms with Crippen molar-refractivity contribution in [2.45, 2.75) is 57.3 Å². The van der Waals surface area contributed by atoms with Crippen LogP contribution in [0.5, 0.6) is 5.75 Å². The topological polar surface area (TPSA) is 29.5 Å². The standard InChI is InChI=1S/C17H22F3NO2/c1-3-10-16(17(18,19)20)11-7-12-21(16)15(22)13(2)23-14-8-5-4-6-9-14/h4-6,8-9,13H,3,7,10-12H2,1-2H3/t13-,16+/m0/s1. The molecule has 0 unspecified atom stereocenters. The average Bonchev–Trinajstić information content (AvgIpc) is 2.92. The Balaban J connectivity index is 2.19. The van der Waals surface area contributed by atoms with Gasteiger partial charge in [0.2, 0.25) is 0 Å². The van der Waals surface area contributed by atoms with E-state index in [1.807, 2.05) is 0 Å². The minimum Gasteiger partial charge on any atom is -0.481 e. The number of para-hydroxylation sites is 1. The molecule has 1 saturated heterocycles. The predicted octanol–water partition coefficient (Wildman–Crippen LogP) is 4.18.